The van der Waals surface area contributed by atoms with Gasteiger partial charge >= 0.3 is 0 Å². The number of aromatic nitrogens is 2. The van der Waals surface area contributed by atoms with Crippen LogP contribution in [0, 0.1) is 5.82 Å². The zero-order chi connectivity index (χ0) is 13.9. The van der Waals surface area contributed by atoms with Crippen LogP contribution in [-0.4, -0.2) is 22.4 Å². The normalized spacial score (nSPS) is 10.8. The van der Waals surface area contributed by atoms with Gasteiger partial charge in [-0.15, -0.1) is 11.3 Å². The van der Waals surface area contributed by atoms with Gasteiger partial charge in [0.05, 0.1) is 4.88 Å². The Bertz CT molecular complexity index is 736. The van der Waals surface area contributed by atoms with E-state index in [0.29, 0.717) is 17.8 Å². The number of amides is 1. The van der Waals surface area contributed by atoms with E-state index in [1.54, 1.807) is 24.5 Å². The Morgan fingerprint density at radius 2 is 2.30 bits per heavy atom. The Labute approximate surface area is 118 Å². The van der Waals surface area contributed by atoms with Gasteiger partial charge in [0.25, 0.3) is 5.91 Å². The molecule has 0 aliphatic heterocycles. The summed E-state index contributed by atoms with van der Waals surface area (Å²) in [5, 5.41) is 3.71. The smallest absolute Gasteiger partial charge is 0.261 e. The maximum atomic E-state index is 13.1. The van der Waals surface area contributed by atoms with Crippen LogP contribution in [-0.2, 0) is 6.42 Å². The minimum atomic E-state index is -0.288. The summed E-state index contributed by atoms with van der Waals surface area (Å²) in [6.45, 7) is 0.509. The number of hydrogen-bond donors (Lipinski definition) is 2. The number of nitrogens with one attached hydrogen (secondary N) is 2. The highest BCUT2D eigenvalue weighted by Gasteiger charge is 2.10. The predicted octanol–water partition coefficient (Wildman–Crippen LogP) is 2.74. The topological polar surface area (TPSA) is 57.8 Å². The summed E-state index contributed by atoms with van der Waals surface area (Å²) in [6.07, 6.45) is 4.08. The summed E-state index contributed by atoms with van der Waals surface area (Å²) in [7, 11) is 0. The molecule has 1 aromatic carbocycles. The molecular weight excluding hydrogens is 277 g/mol. The van der Waals surface area contributed by atoms with Crippen molar-refractivity contribution in [3.05, 3.63) is 53.2 Å². The average Bonchev–Trinajstić information content (AvgIpc) is 3.06. The van der Waals surface area contributed by atoms with Crippen LogP contribution in [0.25, 0.3) is 10.1 Å². The van der Waals surface area contributed by atoms with Gasteiger partial charge in [0, 0.05) is 30.1 Å². The summed E-state index contributed by atoms with van der Waals surface area (Å²) < 4.78 is 13.9. The van der Waals surface area contributed by atoms with Gasteiger partial charge in [-0.05, 0) is 23.6 Å². The molecule has 20 heavy (non-hydrogen) atoms. The SMILES string of the molecule is O=C(NCCc1ncc[nH]1)c1cc2ccc(F)cc2s1. The zero-order valence-electron chi connectivity index (χ0n) is 10.5. The van der Waals surface area contributed by atoms with E-state index in [2.05, 4.69) is 15.3 Å². The Balaban J connectivity index is 1.66. The molecule has 0 aliphatic rings. The molecule has 0 aliphatic carbocycles. The Morgan fingerprint density at radius 3 is 3.10 bits per heavy atom. The van der Waals surface area contributed by atoms with Gasteiger partial charge in [-0.3, -0.25) is 4.79 Å². The number of carbonyl (C=O) groups is 1. The van der Waals surface area contributed by atoms with Gasteiger partial charge < -0.3 is 10.3 Å². The summed E-state index contributed by atoms with van der Waals surface area (Å²) >= 11 is 1.29. The Morgan fingerprint density at radius 1 is 1.40 bits per heavy atom. The molecule has 2 aromatic heterocycles. The fourth-order valence-electron chi connectivity index (χ4n) is 1.93. The second-order valence-electron chi connectivity index (χ2n) is 4.33. The van der Waals surface area contributed by atoms with E-state index in [-0.39, 0.29) is 11.7 Å². The molecule has 0 atom stereocenters. The fraction of sp³-hybridized carbons (Fsp3) is 0.143. The van der Waals surface area contributed by atoms with Crippen molar-refractivity contribution in [3.8, 4) is 0 Å². The van der Waals surface area contributed by atoms with Crippen LogP contribution < -0.4 is 5.32 Å². The molecular formula is C14H12FN3OS. The number of halogens is 1. The van der Waals surface area contributed by atoms with Crippen LogP contribution in [0.3, 0.4) is 0 Å². The van der Waals surface area contributed by atoms with Crippen LogP contribution >= 0.6 is 11.3 Å². The second kappa shape index (κ2) is 5.42. The molecule has 0 bridgehead atoms. The van der Waals surface area contributed by atoms with Crippen molar-refractivity contribution in [1.29, 1.82) is 0 Å². The van der Waals surface area contributed by atoms with E-state index in [0.717, 1.165) is 15.9 Å². The maximum Gasteiger partial charge on any atom is 0.261 e. The van der Waals surface area contributed by atoms with Gasteiger partial charge in [0.1, 0.15) is 11.6 Å². The second-order valence-corrected chi connectivity index (χ2v) is 5.42. The van der Waals surface area contributed by atoms with Crippen LogP contribution in [0.5, 0.6) is 0 Å². The van der Waals surface area contributed by atoms with Crippen molar-refractivity contribution >= 4 is 27.3 Å². The van der Waals surface area contributed by atoms with Crippen molar-refractivity contribution in [2.45, 2.75) is 6.42 Å². The minimum Gasteiger partial charge on any atom is -0.351 e. The van der Waals surface area contributed by atoms with E-state index in [1.807, 2.05) is 0 Å². The van der Waals surface area contributed by atoms with E-state index in [9.17, 15) is 9.18 Å². The molecule has 2 N–H and O–H groups in total. The molecule has 3 aromatic rings. The number of thiophene rings is 1. The number of aromatic amines is 1. The van der Waals surface area contributed by atoms with Gasteiger partial charge in [-0.2, -0.15) is 0 Å². The molecule has 6 heteroatoms. The predicted molar refractivity (Wildman–Crippen MR) is 76.4 cm³/mol. The number of hydrogen-bond acceptors (Lipinski definition) is 3. The van der Waals surface area contributed by atoms with Crippen molar-refractivity contribution in [3.63, 3.8) is 0 Å². The van der Waals surface area contributed by atoms with Crippen molar-refractivity contribution in [1.82, 2.24) is 15.3 Å². The third kappa shape index (κ3) is 2.70. The molecule has 1 amide bonds. The van der Waals surface area contributed by atoms with E-state index in [4.69, 9.17) is 0 Å². The highest BCUT2D eigenvalue weighted by molar-refractivity contribution is 7.20. The molecule has 2 heterocycles. The molecule has 0 saturated heterocycles. The van der Waals surface area contributed by atoms with E-state index >= 15 is 0 Å². The average molecular weight is 289 g/mol. The summed E-state index contributed by atoms with van der Waals surface area (Å²) in [5.41, 5.74) is 0. The summed E-state index contributed by atoms with van der Waals surface area (Å²) in [4.78, 5) is 19.7. The van der Waals surface area contributed by atoms with Crippen LogP contribution in [0.2, 0.25) is 0 Å². The van der Waals surface area contributed by atoms with Gasteiger partial charge in [-0.1, -0.05) is 6.07 Å². The number of nitrogens with zero attached hydrogens (tertiary/aromatic N) is 1. The Hall–Kier alpha value is -2.21. The maximum absolute atomic E-state index is 13.1. The quantitative estimate of drug-likeness (QED) is 0.776. The largest absolute Gasteiger partial charge is 0.351 e. The highest BCUT2D eigenvalue weighted by Crippen LogP contribution is 2.26. The highest BCUT2D eigenvalue weighted by atomic mass is 32.1. The summed E-state index contributed by atoms with van der Waals surface area (Å²) in [5.74, 6) is 0.408. The van der Waals surface area contributed by atoms with Gasteiger partial charge in [0.2, 0.25) is 0 Å². The van der Waals surface area contributed by atoms with E-state index < -0.39 is 0 Å². The molecule has 0 radical (unpaired) electrons. The molecule has 0 unspecified atom stereocenters. The van der Waals surface area contributed by atoms with Crippen LogP contribution in [0.1, 0.15) is 15.5 Å². The number of fused-ring (bicyclic) bond motifs is 1. The van der Waals surface area contributed by atoms with Crippen molar-refractivity contribution < 1.29 is 9.18 Å². The molecule has 4 nitrogen and oxygen atoms in total. The lowest BCUT2D eigenvalue weighted by Crippen LogP contribution is -2.25. The molecule has 0 saturated carbocycles. The van der Waals surface area contributed by atoms with E-state index in [1.165, 1.54) is 23.5 Å². The zero-order valence-corrected chi connectivity index (χ0v) is 11.3. The van der Waals surface area contributed by atoms with Crippen molar-refractivity contribution in [2.24, 2.45) is 0 Å². The monoisotopic (exact) mass is 289 g/mol. The third-order valence-electron chi connectivity index (χ3n) is 2.91. The number of carbonyl (C=O) groups excluding carboxylic acids is 1. The molecule has 3 rings (SSSR count). The lowest BCUT2D eigenvalue weighted by atomic mass is 10.2. The first-order chi connectivity index (χ1) is 9.72. The Kier molecular flexibility index (Phi) is 3.47. The fourth-order valence-corrected chi connectivity index (χ4v) is 2.94. The van der Waals surface area contributed by atoms with Crippen LogP contribution in [0.15, 0.2) is 36.7 Å². The van der Waals surface area contributed by atoms with Crippen molar-refractivity contribution in [2.75, 3.05) is 6.54 Å². The summed E-state index contributed by atoms with van der Waals surface area (Å²) in [6, 6.07) is 6.30. The number of H-pyrrole nitrogens is 1. The minimum absolute atomic E-state index is 0.141. The number of rotatable bonds is 4. The lowest BCUT2D eigenvalue weighted by Gasteiger charge is -2.01. The first-order valence-corrected chi connectivity index (χ1v) is 6.99. The van der Waals surface area contributed by atoms with Gasteiger partial charge in [-0.25, -0.2) is 9.37 Å². The number of benzene rings is 1. The van der Waals surface area contributed by atoms with Crippen LogP contribution in [0.4, 0.5) is 4.39 Å². The first kappa shape index (κ1) is 12.8. The molecule has 0 fully saturated rings. The lowest BCUT2D eigenvalue weighted by molar-refractivity contribution is 0.0958. The first-order valence-electron chi connectivity index (χ1n) is 6.18. The number of imidazole rings is 1. The third-order valence-corrected chi connectivity index (χ3v) is 4.00. The van der Waals surface area contributed by atoms with Gasteiger partial charge in [0.15, 0.2) is 0 Å². The molecule has 0 spiro atoms. The standard InChI is InChI=1S/C14H12FN3OS/c15-10-2-1-9-7-12(20-11(9)8-10)14(19)18-4-3-13-16-5-6-17-13/h1-2,5-8H,3-4H2,(H,16,17)(H,18,19). The molecule has 102 valence electrons.